The van der Waals surface area contributed by atoms with Gasteiger partial charge in [-0.05, 0) is 36.3 Å². The fraction of sp³-hybridized carbons (Fsp3) is 0.615. The third-order valence-electron chi connectivity index (χ3n) is 10.5. The molecule has 1 spiro atoms. The van der Waals surface area contributed by atoms with Crippen molar-refractivity contribution >= 4 is 5.69 Å². The van der Waals surface area contributed by atoms with Gasteiger partial charge in [0.15, 0.2) is 0 Å². The summed E-state index contributed by atoms with van der Waals surface area (Å²) in [5.74, 6) is 0.350. The Morgan fingerprint density at radius 1 is 1.09 bits per heavy atom. The Labute approximate surface area is 198 Å². The standard InChI is InChI=1S/C26H32N4O4/c1-5-12-13-10-16-21-26(14-8-6-7-9-15(14)27(21)2)11-17(18(13)22(26)31)30(16)20(12)19-23(32)28(3)25(34)29(4)24(19)33/h6-9,12-13,16-18,20-22,31-32H,5,10-11H2,1-4H3/t12?,13?,16?,17?,18?,20?,21-,22?,26+/m0/s1. The van der Waals surface area contributed by atoms with E-state index in [4.69, 9.17) is 0 Å². The molecular weight excluding hydrogens is 432 g/mol. The summed E-state index contributed by atoms with van der Waals surface area (Å²) in [6, 6.07) is 8.68. The molecule has 6 heterocycles. The lowest BCUT2D eigenvalue weighted by atomic mass is 9.59. The number of hydrogen-bond acceptors (Lipinski definition) is 6. The third kappa shape index (κ3) is 1.98. The molecule has 5 aliphatic heterocycles. The second-order valence-corrected chi connectivity index (χ2v) is 11.3. The number of fused-ring (bicyclic) bond motifs is 2. The van der Waals surface area contributed by atoms with Crippen molar-refractivity contribution in [3.05, 3.63) is 56.2 Å². The highest BCUT2D eigenvalue weighted by molar-refractivity contribution is 5.67. The minimum atomic E-state index is -0.516. The van der Waals surface area contributed by atoms with E-state index in [1.807, 2.05) is 0 Å². The monoisotopic (exact) mass is 464 g/mol. The van der Waals surface area contributed by atoms with Crippen LogP contribution in [0.5, 0.6) is 5.88 Å². The lowest BCUT2D eigenvalue weighted by molar-refractivity contribution is -0.143. The average Bonchev–Trinajstić information content (AvgIpc) is 3.23. The van der Waals surface area contributed by atoms with Gasteiger partial charge in [-0.15, -0.1) is 0 Å². The van der Waals surface area contributed by atoms with Crippen LogP contribution in [0, 0.1) is 17.8 Å². The first kappa shape index (κ1) is 20.8. The fourth-order valence-corrected chi connectivity index (χ4v) is 9.41. The predicted molar refractivity (Wildman–Crippen MR) is 127 cm³/mol. The number of anilines is 1. The molecule has 1 aromatic heterocycles. The van der Waals surface area contributed by atoms with E-state index < -0.39 is 17.4 Å². The highest BCUT2D eigenvalue weighted by Crippen LogP contribution is 2.71. The van der Waals surface area contributed by atoms with Crippen LogP contribution in [-0.4, -0.2) is 55.5 Å². The summed E-state index contributed by atoms with van der Waals surface area (Å²) < 4.78 is 2.31. The second kappa shape index (κ2) is 6.34. The molecule has 10 atom stereocenters. The topological polar surface area (TPSA) is 90.9 Å². The number of aromatic hydroxyl groups is 1. The quantitative estimate of drug-likeness (QED) is 0.691. The van der Waals surface area contributed by atoms with Crippen molar-refractivity contribution < 1.29 is 10.2 Å². The molecule has 0 amide bonds. The van der Waals surface area contributed by atoms with E-state index in [1.54, 1.807) is 0 Å². The molecule has 34 heavy (non-hydrogen) atoms. The molecule has 6 aliphatic rings. The van der Waals surface area contributed by atoms with E-state index in [9.17, 15) is 19.8 Å². The summed E-state index contributed by atoms with van der Waals surface area (Å²) in [5.41, 5.74) is 1.59. The number of para-hydroxylation sites is 1. The first-order valence-corrected chi connectivity index (χ1v) is 12.5. The number of aromatic nitrogens is 2. The summed E-state index contributed by atoms with van der Waals surface area (Å²) in [5, 5.41) is 23.1. The van der Waals surface area contributed by atoms with Crippen LogP contribution >= 0.6 is 0 Å². The van der Waals surface area contributed by atoms with Crippen LogP contribution in [0.4, 0.5) is 5.69 Å². The lowest BCUT2D eigenvalue weighted by Gasteiger charge is -2.64. The van der Waals surface area contributed by atoms with E-state index in [1.165, 1.54) is 29.9 Å². The van der Waals surface area contributed by atoms with Gasteiger partial charge in [0.2, 0.25) is 5.88 Å². The Bertz CT molecular complexity index is 1350. The minimum absolute atomic E-state index is 0.116. The van der Waals surface area contributed by atoms with E-state index in [-0.39, 0.29) is 53.2 Å². The Hall–Kier alpha value is -2.58. The zero-order chi connectivity index (χ0) is 23.8. The predicted octanol–water partition coefficient (Wildman–Crippen LogP) is 1.08. The number of benzene rings is 1. The molecule has 8 heteroatoms. The molecule has 8 rings (SSSR count). The third-order valence-corrected chi connectivity index (χ3v) is 10.5. The fourth-order valence-electron chi connectivity index (χ4n) is 9.41. The van der Waals surface area contributed by atoms with Crippen LogP contribution in [0.1, 0.15) is 43.4 Å². The number of nitrogens with zero attached hydrogens (tertiary/aromatic N) is 4. The van der Waals surface area contributed by atoms with Gasteiger partial charge in [0.25, 0.3) is 5.56 Å². The van der Waals surface area contributed by atoms with Crippen molar-refractivity contribution in [1.82, 2.24) is 14.0 Å². The molecule has 180 valence electrons. The highest BCUT2D eigenvalue weighted by atomic mass is 16.3. The molecule has 5 bridgehead atoms. The normalized spacial score (nSPS) is 42.9. The van der Waals surface area contributed by atoms with Crippen LogP contribution in [0.15, 0.2) is 33.9 Å². The molecule has 2 N–H and O–H groups in total. The van der Waals surface area contributed by atoms with E-state index >= 15 is 0 Å². The van der Waals surface area contributed by atoms with E-state index in [0.717, 1.165) is 23.8 Å². The van der Waals surface area contributed by atoms with Crippen molar-refractivity contribution in [3.8, 4) is 5.88 Å². The number of piperidine rings is 4. The van der Waals surface area contributed by atoms with Crippen molar-refractivity contribution in [3.63, 3.8) is 0 Å². The van der Waals surface area contributed by atoms with Crippen molar-refractivity contribution in [2.75, 3.05) is 11.9 Å². The van der Waals surface area contributed by atoms with Gasteiger partial charge in [0.05, 0.1) is 17.7 Å². The molecule has 1 aliphatic carbocycles. The Morgan fingerprint density at radius 2 is 1.82 bits per heavy atom. The smallest absolute Gasteiger partial charge is 0.333 e. The highest BCUT2D eigenvalue weighted by Gasteiger charge is 2.76. The van der Waals surface area contributed by atoms with Crippen molar-refractivity contribution in [2.45, 2.75) is 61.9 Å². The average molecular weight is 465 g/mol. The minimum Gasteiger partial charge on any atom is -0.494 e. The van der Waals surface area contributed by atoms with Gasteiger partial charge in [-0.1, -0.05) is 31.5 Å². The maximum absolute atomic E-state index is 13.4. The number of hydrogen-bond donors (Lipinski definition) is 2. The zero-order valence-electron chi connectivity index (χ0n) is 20.0. The lowest BCUT2D eigenvalue weighted by Crippen LogP contribution is -2.70. The molecule has 8 unspecified atom stereocenters. The van der Waals surface area contributed by atoms with Gasteiger partial charge in [-0.3, -0.25) is 18.8 Å². The molecule has 1 saturated carbocycles. The molecule has 2 aromatic rings. The number of aliphatic hydroxyl groups is 1. The number of aliphatic hydroxyl groups excluding tert-OH is 1. The van der Waals surface area contributed by atoms with E-state index in [0.29, 0.717) is 5.56 Å². The van der Waals surface area contributed by atoms with Gasteiger partial charge in [0, 0.05) is 56.3 Å². The zero-order valence-corrected chi connectivity index (χ0v) is 20.0. The van der Waals surface area contributed by atoms with Crippen molar-refractivity contribution in [2.24, 2.45) is 31.8 Å². The summed E-state index contributed by atoms with van der Waals surface area (Å²) >= 11 is 0. The summed E-state index contributed by atoms with van der Waals surface area (Å²) in [7, 11) is 5.15. The van der Waals surface area contributed by atoms with E-state index in [2.05, 4.69) is 48.0 Å². The van der Waals surface area contributed by atoms with Crippen LogP contribution in [0.2, 0.25) is 0 Å². The Balaban J connectivity index is 1.47. The van der Waals surface area contributed by atoms with Crippen LogP contribution in [0.25, 0.3) is 0 Å². The molecule has 8 nitrogen and oxygen atoms in total. The van der Waals surface area contributed by atoms with Crippen molar-refractivity contribution in [1.29, 1.82) is 0 Å². The van der Waals surface area contributed by atoms with Gasteiger partial charge in [-0.25, -0.2) is 4.79 Å². The molecular formula is C26H32N4O4. The van der Waals surface area contributed by atoms with Crippen LogP contribution < -0.4 is 16.1 Å². The number of rotatable bonds is 2. The van der Waals surface area contributed by atoms with Crippen LogP contribution in [-0.2, 0) is 19.5 Å². The van der Waals surface area contributed by atoms with Gasteiger partial charge < -0.3 is 15.1 Å². The van der Waals surface area contributed by atoms with Crippen LogP contribution in [0.3, 0.4) is 0 Å². The molecule has 0 radical (unpaired) electrons. The summed E-state index contributed by atoms with van der Waals surface area (Å²) in [6.07, 6.45) is 2.27. The molecule has 4 saturated heterocycles. The number of likely N-dealkylation sites (N-methyl/N-ethyl adjacent to an activating group) is 1. The maximum atomic E-state index is 13.4. The Morgan fingerprint density at radius 3 is 2.56 bits per heavy atom. The maximum Gasteiger partial charge on any atom is 0.333 e. The Kier molecular flexibility index (Phi) is 3.87. The van der Waals surface area contributed by atoms with Gasteiger partial charge in [0.1, 0.15) is 0 Å². The molecule has 5 fully saturated rings. The molecule has 1 aromatic carbocycles. The summed E-state index contributed by atoms with van der Waals surface area (Å²) in [6.45, 7) is 2.14. The SMILES string of the molecule is CCC1C2CC3[C@@H]4N(C)c5ccccc5[C@]45CC(C2C5O)N3C1c1c(O)n(C)c(=O)n(C)c1=O. The largest absolute Gasteiger partial charge is 0.494 e. The van der Waals surface area contributed by atoms with Gasteiger partial charge in [-0.2, -0.15) is 0 Å². The van der Waals surface area contributed by atoms with Gasteiger partial charge >= 0.3 is 5.69 Å². The first-order chi connectivity index (χ1) is 16.3. The second-order valence-electron chi connectivity index (χ2n) is 11.3. The first-order valence-electron chi connectivity index (χ1n) is 12.5. The summed E-state index contributed by atoms with van der Waals surface area (Å²) in [4.78, 5) is 30.8.